The van der Waals surface area contributed by atoms with Crippen molar-refractivity contribution in [1.82, 2.24) is 4.90 Å². The fraction of sp³-hybridized carbons (Fsp3) is 0.923. The normalized spacial score (nSPS) is 26.3. The maximum atomic E-state index is 10.7. The van der Waals surface area contributed by atoms with Crippen LogP contribution in [-0.2, 0) is 4.79 Å². The first-order valence-corrected chi connectivity index (χ1v) is 6.14. The van der Waals surface area contributed by atoms with Gasteiger partial charge in [-0.15, -0.1) is 0 Å². The van der Waals surface area contributed by atoms with E-state index in [0.29, 0.717) is 11.5 Å². The predicted octanol–water partition coefficient (Wildman–Crippen LogP) is 2.72. The summed E-state index contributed by atoms with van der Waals surface area (Å²) in [7, 11) is 0. The van der Waals surface area contributed by atoms with Gasteiger partial charge in [0.05, 0.1) is 0 Å². The van der Waals surface area contributed by atoms with E-state index in [1.54, 1.807) is 0 Å². The van der Waals surface area contributed by atoms with Crippen LogP contribution in [-0.4, -0.2) is 30.3 Å². The van der Waals surface area contributed by atoms with E-state index in [1.165, 1.54) is 25.8 Å². The van der Waals surface area contributed by atoms with Gasteiger partial charge in [-0.3, -0.25) is 4.90 Å². The first kappa shape index (κ1) is 12.7. The molecular formula is C13H25NO. The lowest BCUT2D eigenvalue weighted by Gasteiger charge is -2.44. The van der Waals surface area contributed by atoms with Gasteiger partial charge in [-0.05, 0) is 24.8 Å². The second-order valence-electron chi connectivity index (χ2n) is 5.99. The molecule has 0 aromatic heterocycles. The summed E-state index contributed by atoms with van der Waals surface area (Å²) >= 11 is 0. The minimum Gasteiger partial charge on any atom is -0.303 e. The third kappa shape index (κ3) is 3.60. The number of hydrogen-bond acceptors (Lipinski definition) is 2. The number of likely N-dealkylation sites (tertiary alicyclic amines) is 1. The molecule has 0 spiro atoms. The smallest absolute Gasteiger partial charge is 0.124 e. The summed E-state index contributed by atoms with van der Waals surface area (Å²) in [6.45, 7) is 11.0. The minimum absolute atomic E-state index is 0.174. The Bertz CT molecular complexity index is 207. The molecule has 0 radical (unpaired) electrons. The number of carbonyl (C=O) groups is 1. The lowest BCUT2D eigenvalue weighted by Crippen LogP contribution is -2.48. The first-order valence-electron chi connectivity index (χ1n) is 6.14. The van der Waals surface area contributed by atoms with E-state index in [2.05, 4.69) is 25.7 Å². The summed E-state index contributed by atoms with van der Waals surface area (Å²) in [5.74, 6) is 0.174. The molecule has 0 saturated carbocycles. The van der Waals surface area contributed by atoms with E-state index < -0.39 is 0 Å². The molecule has 1 saturated heterocycles. The van der Waals surface area contributed by atoms with Crippen molar-refractivity contribution >= 4 is 6.29 Å². The zero-order chi connectivity index (χ0) is 11.5. The number of aldehydes is 1. The fourth-order valence-electron chi connectivity index (χ4n) is 2.60. The van der Waals surface area contributed by atoms with Crippen LogP contribution in [0.2, 0.25) is 0 Å². The van der Waals surface area contributed by atoms with Crippen molar-refractivity contribution in [3.63, 3.8) is 0 Å². The number of carbonyl (C=O) groups excluding carboxylic acids is 1. The van der Waals surface area contributed by atoms with E-state index in [0.717, 1.165) is 12.8 Å². The number of rotatable bonds is 3. The highest BCUT2D eigenvalue weighted by Crippen LogP contribution is 2.31. The van der Waals surface area contributed by atoms with Gasteiger partial charge < -0.3 is 4.79 Å². The third-order valence-electron chi connectivity index (χ3n) is 3.37. The second-order valence-corrected chi connectivity index (χ2v) is 5.99. The van der Waals surface area contributed by atoms with Crippen LogP contribution in [0.15, 0.2) is 0 Å². The lowest BCUT2D eigenvalue weighted by molar-refractivity contribution is -0.111. The molecule has 0 amide bonds. The Morgan fingerprint density at radius 3 is 2.60 bits per heavy atom. The van der Waals surface area contributed by atoms with Crippen LogP contribution < -0.4 is 0 Å². The van der Waals surface area contributed by atoms with Gasteiger partial charge in [0, 0.05) is 18.5 Å². The quantitative estimate of drug-likeness (QED) is 0.669. The Morgan fingerprint density at radius 2 is 2.07 bits per heavy atom. The van der Waals surface area contributed by atoms with E-state index in [9.17, 15) is 4.79 Å². The molecule has 0 aromatic rings. The van der Waals surface area contributed by atoms with E-state index >= 15 is 0 Å². The molecule has 15 heavy (non-hydrogen) atoms. The van der Waals surface area contributed by atoms with Gasteiger partial charge in [0.1, 0.15) is 6.29 Å². The SMILES string of the molecule is CC(C=O)CN1CCCCC1C(C)(C)C. The van der Waals surface area contributed by atoms with Crippen molar-refractivity contribution in [2.24, 2.45) is 11.3 Å². The van der Waals surface area contributed by atoms with Crippen LogP contribution in [0.3, 0.4) is 0 Å². The zero-order valence-electron chi connectivity index (χ0n) is 10.6. The van der Waals surface area contributed by atoms with Crippen LogP contribution in [0, 0.1) is 11.3 Å². The maximum Gasteiger partial charge on any atom is 0.124 e. The highest BCUT2D eigenvalue weighted by Gasteiger charge is 2.32. The van der Waals surface area contributed by atoms with Gasteiger partial charge in [-0.2, -0.15) is 0 Å². The van der Waals surface area contributed by atoms with Crippen molar-refractivity contribution < 1.29 is 4.79 Å². The number of nitrogens with zero attached hydrogens (tertiary/aromatic N) is 1. The molecule has 0 aliphatic carbocycles. The van der Waals surface area contributed by atoms with Crippen molar-refractivity contribution in [2.75, 3.05) is 13.1 Å². The summed E-state index contributed by atoms with van der Waals surface area (Å²) in [5.41, 5.74) is 0.336. The number of hydrogen-bond donors (Lipinski definition) is 0. The van der Waals surface area contributed by atoms with Crippen LogP contribution in [0.5, 0.6) is 0 Å². The summed E-state index contributed by atoms with van der Waals surface area (Å²) in [6.07, 6.45) is 5.00. The van der Waals surface area contributed by atoms with Crippen LogP contribution in [0.25, 0.3) is 0 Å². The molecule has 2 nitrogen and oxygen atoms in total. The molecular weight excluding hydrogens is 186 g/mol. The van der Waals surface area contributed by atoms with Crippen LogP contribution in [0.1, 0.15) is 47.0 Å². The average molecular weight is 211 g/mol. The van der Waals surface area contributed by atoms with Crippen molar-refractivity contribution in [3.8, 4) is 0 Å². The average Bonchev–Trinajstić information content (AvgIpc) is 2.17. The largest absolute Gasteiger partial charge is 0.303 e. The molecule has 1 heterocycles. The Balaban J connectivity index is 2.61. The highest BCUT2D eigenvalue weighted by atomic mass is 16.1. The van der Waals surface area contributed by atoms with Crippen molar-refractivity contribution in [3.05, 3.63) is 0 Å². The van der Waals surface area contributed by atoms with Crippen LogP contribution in [0.4, 0.5) is 0 Å². The Kier molecular flexibility index (Phi) is 4.32. The standard InChI is InChI=1S/C13H25NO/c1-11(10-15)9-14-8-6-5-7-12(14)13(2,3)4/h10-12H,5-9H2,1-4H3. The maximum absolute atomic E-state index is 10.7. The molecule has 1 aliphatic rings. The molecule has 0 N–H and O–H groups in total. The molecule has 0 aromatic carbocycles. The van der Waals surface area contributed by atoms with Gasteiger partial charge in [0.2, 0.25) is 0 Å². The predicted molar refractivity (Wildman–Crippen MR) is 63.9 cm³/mol. The molecule has 88 valence electrons. The summed E-state index contributed by atoms with van der Waals surface area (Å²) in [5, 5.41) is 0. The fourth-order valence-corrected chi connectivity index (χ4v) is 2.60. The van der Waals surface area contributed by atoms with Crippen molar-refractivity contribution in [2.45, 2.75) is 53.0 Å². The van der Waals surface area contributed by atoms with Gasteiger partial charge in [-0.25, -0.2) is 0 Å². The molecule has 2 atom stereocenters. The molecule has 2 heteroatoms. The molecule has 1 fully saturated rings. The summed E-state index contributed by atoms with van der Waals surface area (Å²) in [4.78, 5) is 13.2. The second kappa shape index (κ2) is 5.11. The van der Waals surface area contributed by atoms with Gasteiger partial charge in [0.15, 0.2) is 0 Å². The monoisotopic (exact) mass is 211 g/mol. The zero-order valence-corrected chi connectivity index (χ0v) is 10.6. The van der Waals surface area contributed by atoms with E-state index in [4.69, 9.17) is 0 Å². The topological polar surface area (TPSA) is 20.3 Å². The molecule has 2 unspecified atom stereocenters. The molecule has 1 aliphatic heterocycles. The van der Waals surface area contributed by atoms with Gasteiger partial charge >= 0.3 is 0 Å². The molecule has 1 rings (SSSR count). The van der Waals surface area contributed by atoms with E-state index in [1.807, 2.05) is 6.92 Å². The Hall–Kier alpha value is -0.370. The molecule has 0 bridgehead atoms. The summed E-state index contributed by atoms with van der Waals surface area (Å²) < 4.78 is 0. The van der Waals surface area contributed by atoms with Crippen molar-refractivity contribution in [1.29, 1.82) is 0 Å². The highest BCUT2D eigenvalue weighted by molar-refractivity contribution is 5.53. The Labute approximate surface area is 94.0 Å². The number of piperidine rings is 1. The summed E-state index contributed by atoms with van der Waals surface area (Å²) in [6, 6.07) is 0.647. The third-order valence-corrected chi connectivity index (χ3v) is 3.37. The van der Waals surface area contributed by atoms with Gasteiger partial charge in [-0.1, -0.05) is 34.1 Å². The van der Waals surface area contributed by atoms with E-state index in [-0.39, 0.29) is 5.92 Å². The lowest BCUT2D eigenvalue weighted by atomic mass is 9.80. The first-order chi connectivity index (χ1) is 6.95. The van der Waals surface area contributed by atoms with Gasteiger partial charge in [0.25, 0.3) is 0 Å². The minimum atomic E-state index is 0.174. The van der Waals surface area contributed by atoms with Crippen LogP contribution >= 0.6 is 0 Å². The Morgan fingerprint density at radius 1 is 1.40 bits per heavy atom.